The van der Waals surface area contributed by atoms with Gasteiger partial charge < -0.3 is 11.1 Å². The molecule has 0 aliphatic carbocycles. The maximum atomic E-state index is 5.60. The molecule has 5 nitrogen and oxygen atoms in total. The molecule has 0 saturated carbocycles. The molecule has 22 heavy (non-hydrogen) atoms. The van der Waals surface area contributed by atoms with Gasteiger partial charge in [0, 0.05) is 42.0 Å². The van der Waals surface area contributed by atoms with Crippen LogP contribution in [-0.4, -0.2) is 15.0 Å². The summed E-state index contributed by atoms with van der Waals surface area (Å²) >= 11 is 1.45. The normalized spacial score (nSPS) is 10.8. The van der Waals surface area contributed by atoms with Crippen LogP contribution >= 0.6 is 11.3 Å². The van der Waals surface area contributed by atoms with Crippen molar-refractivity contribution in [1.82, 2.24) is 20.3 Å². The van der Waals surface area contributed by atoms with Crippen molar-refractivity contribution in [2.24, 2.45) is 0 Å². The molecular weight excluding hydrogens is 294 g/mol. The highest BCUT2D eigenvalue weighted by Crippen LogP contribution is 2.15. The second-order valence-corrected chi connectivity index (χ2v) is 5.95. The van der Waals surface area contributed by atoms with Gasteiger partial charge in [0.25, 0.3) is 0 Å². The Bertz CT molecular complexity index is 751. The predicted molar refractivity (Wildman–Crippen MR) is 89.3 cm³/mol. The van der Waals surface area contributed by atoms with Crippen LogP contribution < -0.4 is 11.1 Å². The van der Waals surface area contributed by atoms with Gasteiger partial charge in [-0.1, -0.05) is 23.8 Å². The van der Waals surface area contributed by atoms with Crippen molar-refractivity contribution in [3.8, 4) is 11.4 Å². The van der Waals surface area contributed by atoms with Crippen molar-refractivity contribution in [1.29, 1.82) is 0 Å². The highest BCUT2D eigenvalue weighted by atomic mass is 32.1. The lowest BCUT2D eigenvalue weighted by molar-refractivity contribution is 0.679. The van der Waals surface area contributed by atoms with Crippen LogP contribution in [0.4, 0.5) is 5.13 Å². The molecule has 0 amide bonds. The van der Waals surface area contributed by atoms with E-state index < -0.39 is 0 Å². The Hall–Kier alpha value is -2.31. The molecular formula is C16H17N5S. The van der Waals surface area contributed by atoms with Gasteiger partial charge in [0.15, 0.2) is 11.0 Å². The number of anilines is 1. The van der Waals surface area contributed by atoms with Gasteiger partial charge in [0.1, 0.15) is 0 Å². The monoisotopic (exact) mass is 311 g/mol. The van der Waals surface area contributed by atoms with Crippen molar-refractivity contribution in [2.45, 2.75) is 20.0 Å². The van der Waals surface area contributed by atoms with Crippen molar-refractivity contribution in [2.75, 3.05) is 5.73 Å². The van der Waals surface area contributed by atoms with Gasteiger partial charge in [-0.25, -0.2) is 15.0 Å². The number of benzene rings is 1. The summed E-state index contributed by atoms with van der Waals surface area (Å²) in [4.78, 5) is 13.1. The second-order valence-electron chi connectivity index (χ2n) is 5.07. The van der Waals surface area contributed by atoms with Crippen LogP contribution in [0.1, 0.15) is 16.8 Å². The van der Waals surface area contributed by atoms with E-state index >= 15 is 0 Å². The van der Waals surface area contributed by atoms with E-state index in [1.807, 2.05) is 29.9 Å². The number of aryl methyl sites for hydroxylation is 1. The second kappa shape index (κ2) is 6.64. The van der Waals surface area contributed by atoms with Gasteiger partial charge in [-0.2, -0.15) is 0 Å². The largest absolute Gasteiger partial charge is 0.375 e. The number of aromatic nitrogens is 3. The minimum absolute atomic E-state index is 0.600. The standard InChI is InChI=1S/C16H17N5S/c1-11-3-2-4-13(5-11)15-19-7-12(8-20-15)6-18-9-14-10-22-16(17)21-14/h2-5,7-8,10,18H,6,9H2,1H3,(H2,17,21). The van der Waals surface area contributed by atoms with E-state index in [2.05, 4.69) is 39.3 Å². The number of thiazole rings is 1. The smallest absolute Gasteiger partial charge is 0.180 e. The molecule has 3 rings (SSSR count). The molecule has 0 bridgehead atoms. The molecule has 0 unspecified atom stereocenters. The van der Waals surface area contributed by atoms with Crippen LogP contribution in [-0.2, 0) is 13.1 Å². The summed E-state index contributed by atoms with van der Waals surface area (Å²) < 4.78 is 0. The van der Waals surface area contributed by atoms with Gasteiger partial charge in [-0.15, -0.1) is 11.3 Å². The van der Waals surface area contributed by atoms with Gasteiger partial charge in [-0.05, 0) is 13.0 Å². The number of hydrogen-bond donors (Lipinski definition) is 2. The number of nitrogens with two attached hydrogens (primary N) is 1. The third-order valence-electron chi connectivity index (χ3n) is 3.19. The van der Waals surface area contributed by atoms with E-state index in [0.717, 1.165) is 22.6 Å². The molecule has 0 fully saturated rings. The average Bonchev–Trinajstić information content (AvgIpc) is 2.93. The minimum Gasteiger partial charge on any atom is -0.375 e. The Balaban J connectivity index is 1.59. The van der Waals surface area contributed by atoms with Crippen LogP contribution in [0.15, 0.2) is 42.0 Å². The molecule has 0 radical (unpaired) electrons. The lowest BCUT2D eigenvalue weighted by atomic mass is 10.1. The topological polar surface area (TPSA) is 76.7 Å². The Morgan fingerprint density at radius 2 is 2.00 bits per heavy atom. The third kappa shape index (κ3) is 3.66. The quantitative estimate of drug-likeness (QED) is 0.757. The zero-order chi connectivity index (χ0) is 15.4. The number of nitrogen functional groups attached to an aromatic ring is 1. The molecule has 3 N–H and O–H groups in total. The number of rotatable bonds is 5. The van der Waals surface area contributed by atoms with Crippen LogP contribution in [0.25, 0.3) is 11.4 Å². The molecule has 3 aromatic rings. The lowest BCUT2D eigenvalue weighted by Crippen LogP contribution is -2.13. The summed E-state index contributed by atoms with van der Waals surface area (Å²) in [6.07, 6.45) is 3.71. The Labute approximate surface area is 133 Å². The van der Waals surface area contributed by atoms with Gasteiger partial charge in [0.2, 0.25) is 0 Å². The Kier molecular flexibility index (Phi) is 4.41. The molecule has 6 heteroatoms. The van der Waals surface area contributed by atoms with E-state index in [1.54, 1.807) is 0 Å². The highest BCUT2D eigenvalue weighted by molar-refractivity contribution is 7.13. The fraction of sp³-hybridized carbons (Fsp3) is 0.188. The summed E-state index contributed by atoms with van der Waals surface area (Å²) in [5, 5.41) is 5.87. The molecule has 2 heterocycles. The van der Waals surface area contributed by atoms with Gasteiger partial charge >= 0.3 is 0 Å². The molecule has 0 aliphatic rings. The van der Waals surface area contributed by atoms with E-state index in [0.29, 0.717) is 18.2 Å². The molecule has 2 aromatic heterocycles. The van der Waals surface area contributed by atoms with E-state index in [4.69, 9.17) is 5.73 Å². The minimum atomic E-state index is 0.600. The molecule has 0 aliphatic heterocycles. The Morgan fingerprint density at radius 3 is 2.68 bits per heavy atom. The van der Waals surface area contributed by atoms with Crippen LogP contribution in [0.5, 0.6) is 0 Å². The van der Waals surface area contributed by atoms with Crippen LogP contribution in [0, 0.1) is 6.92 Å². The predicted octanol–water partition coefficient (Wildman–Crippen LogP) is 2.78. The summed E-state index contributed by atoms with van der Waals surface area (Å²) in [6, 6.07) is 8.18. The summed E-state index contributed by atoms with van der Waals surface area (Å²) in [7, 11) is 0. The number of hydrogen-bond acceptors (Lipinski definition) is 6. The average molecular weight is 311 g/mol. The SMILES string of the molecule is Cc1cccc(-c2ncc(CNCc3csc(N)n3)cn2)c1. The van der Waals surface area contributed by atoms with Crippen molar-refractivity contribution < 1.29 is 0 Å². The maximum absolute atomic E-state index is 5.60. The van der Waals surface area contributed by atoms with E-state index in [9.17, 15) is 0 Å². The van der Waals surface area contributed by atoms with Crippen LogP contribution in [0.2, 0.25) is 0 Å². The number of nitrogens with zero attached hydrogens (tertiary/aromatic N) is 3. The third-order valence-corrected chi connectivity index (χ3v) is 3.91. The van der Waals surface area contributed by atoms with Crippen molar-refractivity contribution in [3.05, 3.63) is 58.9 Å². The number of nitrogens with one attached hydrogen (secondary N) is 1. The zero-order valence-corrected chi connectivity index (χ0v) is 13.1. The van der Waals surface area contributed by atoms with Gasteiger partial charge in [-0.3, -0.25) is 0 Å². The molecule has 112 valence electrons. The highest BCUT2D eigenvalue weighted by Gasteiger charge is 2.02. The fourth-order valence-corrected chi connectivity index (χ4v) is 2.68. The zero-order valence-electron chi connectivity index (χ0n) is 12.3. The fourth-order valence-electron chi connectivity index (χ4n) is 2.12. The first-order chi connectivity index (χ1) is 10.7. The van der Waals surface area contributed by atoms with E-state index in [1.165, 1.54) is 16.9 Å². The lowest BCUT2D eigenvalue weighted by Gasteiger charge is -2.05. The first-order valence-corrected chi connectivity index (χ1v) is 7.87. The molecule has 1 aromatic carbocycles. The first-order valence-electron chi connectivity index (χ1n) is 6.99. The first kappa shape index (κ1) is 14.6. The molecule has 0 spiro atoms. The summed E-state index contributed by atoms with van der Waals surface area (Å²) in [5.41, 5.74) is 9.85. The van der Waals surface area contributed by atoms with E-state index in [-0.39, 0.29) is 0 Å². The summed E-state index contributed by atoms with van der Waals surface area (Å²) in [5.74, 6) is 0.750. The van der Waals surface area contributed by atoms with Crippen molar-refractivity contribution >= 4 is 16.5 Å². The van der Waals surface area contributed by atoms with Gasteiger partial charge in [0.05, 0.1) is 5.69 Å². The molecule has 0 atom stereocenters. The Morgan fingerprint density at radius 1 is 1.18 bits per heavy atom. The maximum Gasteiger partial charge on any atom is 0.180 e. The van der Waals surface area contributed by atoms with Crippen LogP contribution in [0.3, 0.4) is 0 Å². The summed E-state index contributed by atoms with van der Waals surface area (Å²) in [6.45, 7) is 3.45. The van der Waals surface area contributed by atoms with Crippen molar-refractivity contribution in [3.63, 3.8) is 0 Å². The molecule has 0 saturated heterocycles.